The number of thioether (sulfide) groups is 1. The van der Waals surface area contributed by atoms with E-state index in [0.29, 0.717) is 11.3 Å². The van der Waals surface area contributed by atoms with Crippen LogP contribution in [-0.2, 0) is 38.4 Å². The van der Waals surface area contributed by atoms with E-state index in [4.69, 9.17) is 5.73 Å². The van der Waals surface area contributed by atoms with Crippen molar-refractivity contribution in [2.45, 2.75) is 49.9 Å². The summed E-state index contributed by atoms with van der Waals surface area (Å²) in [7, 11) is 0. The zero-order valence-electron chi connectivity index (χ0n) is 23.9. The number of hydrogen-bond donors (Lipinski definition) is 6. The van der Waals surface area contributed by atoms with Crippen LogP contribution in [0.3, 0.4) is 0 Å². The first-order valence-corrected chi connectivity index (χ1v) is 15.3. The van der Waals surface area contributed by atoms with Gasteiger partial charge >= 0.3 is 5.97 Å². The van der Waals surface area contributed by atoms with Crippen LogP contribution in [0.5, 0.6) is 5.75 Å². The molecule has 0 saturated heterocycles. The monoisotopic (exact) mass is 606 g/mol. The summed E-state index contributed by atoms with van der Waals surface area (Å²) in [6, 6.07) is 20.2. The lowest BCUT2D eigenvalue weighted by molar-refractivity contribution is -0.142. The molecule has 10 nitrogen and oxygen atoms in total. The predicted octanol–water partition coefficient (Wildman–Crippen LogP) is 2.04. The van der Waals surface area contributed by atoms with Gasteiger partial charge in [-0.25, -0.2) is 4.79 Å². The van der Waals surface area contributed by atoms with Crippen molar-refractivity contribution in [1.82, 2.24) is 16.0 Å². The van der Waals surface area contributed by atoms with Crippen molar-refractivity contribution in [1.29, 1.82) is 0 Å². The van der Waals surface area contributed by atoms with Crippen molar-refractivity contribution >= 4 is 35.5 Å². The molecule has 7 N–H and O–H groups in total. The third kappa shape index (κ3) is 11.1. The summed E-state index contributed by atoms with van der Waals surface area (Å²) >= 11 is 1.45. The van der Waals surface area contributed by atoms with Gasteiger partial charge in [0.05, 0.1) is 6.04 Å². The molecule has 4 atom stereocenters. The highest BCUT2D eigenvalue weighted by Crippen LogP contribution is 2.13. The van der Waals surface area contributed by atoms with E-state index in [1.165, 1.54) is 23.9 Å². The Kier molecular flexibility index (Phi) is 13.1. The lowest BCUT2D eigenvalue weighted by Gasteiger charge is -2.25. The van der Waals surface area contributed by atoms with E-state index in [9.17, 15) is 29.4 Å². The molecule has 0 aromatic heterocycles. The van der Waals surface area contributed by atoms with Gasteiger partial charge in [-0.05, 0) is 53.7 Å². The molecule has 228 valence electrons. The largest absolute Gasteiger partial charge is 0.508 e. The second kappa shape index (κ2) is 16.9. The zero-order chi connectivity index (χ0) is 31.2. The maximum atomic E-state index is 13.7. The number of carbonyl (C=O) groups excluding carboxylic acids is 3. The maximum absolute atomic E-state index is 13.7. The van der Waals surface area contributed by atoms with Crippen LogP contribution < -0.4 is 21.7 Å². The molecule has 0 fully saturated rings. The van der Waals surface area contributed by atoms with Crippen molar-refractivity contribution in [3.8, 4) is 5.75 Å². The summed E-state index contributed by atoms with van der Waals surface area (Å²) in [4.78, 5) is 52.0. The summed E-state index contributed by atoms with van der Waals surface area (Å²) in [6.45, 7) is 0. The number of nitrogens with two attached hydrogens (primary N) is 1. The number of hydrogen-bond acceptors (Lipinski definition) is 7. The summed E-state index contributed by atoms with van der Waals surface area (Å²) in [5.41, 5.74) is 8.47. The lowest BCUT2D eigenvalue weighted by atomic mass is 10.0. The van der Waals surface area contributed by atoms with Crippen molar-refractivity contribution in [2.75, 3.05) is 12.0 Å². The molecule has 0 bridgehead atoms. The minimum Gasteiger partial charge on any atom is -0.508 e. The third-order valence-electron chi connectivity index (χ3n) is 6.79. The lowest BCUT2D eigenvalue weighted by Crippen LogP contribution is -2.58. The van der Waals surface area contributed by atoms with Crippen molar-refractivity contribution < 1.29 is 29.4 Å². The minimum absolute atomic E-state index is 0.0201. The molecule has 3 aromatic carbocycles. The van der Waals surface area contributed by atoms with Gasteiger partial charge in [-0.1, -0.05) is 72.8 Å². The summed E-state index contributed by atoms with van der Waals surface area (Å²) in [6.07, 6.45) is 2.46. The van der Waals surface area contributed by atoms with Crippen LogP contribution in [0.2, 0.25) is 0 Å². The highest BCUT2D eigenvalue weighted by molar-refractivity contribution is 7.98. The minimum atomic E-state index is -1.18. The molecule has 3 aromatic rings. The van der Waals surface area contributed by atoms with Crippen molar-refractivity contribution in [2.24, 2.45) is 5.73 Å². The van der Waals surface area contributed by atoms with Crippen LogP contribution >= 0.6 is 11.8 Å². The first kappa shape index (κ1) is 33.2. The Morgan fingerprint density at radius 3 is 1.60 bits per heavy atom. The number of amides is 3. The van der Waals surface area contributed by atoms with Gasteiger partial charge in [0.1, 0.15) is 23.9 Å². The smallest absolute Gasteiger partial charge is 0.326 e. The molecule has 0 radical (unpaired) electrons. The van der Waals surface area contributed by atoms with E-state index in [1.54, 1.807) is 12.1 Å². The fourth-order valence-electron chi connectivity index (χ4n) is 4.41. The summed E-state index contributed by atoms with van der Waals surface area (Å²) in [5.74, 6) is -2.46. The van der Waals surface area contributed by atoms with Gasteiger partial charge in [0.25, 0.3) is 0 Å². The average molecular weight is 607 g/mol. The van der Waals surface area contributed by atoms with E-state index in [-0.39, 0.29) is 31.4 Å². The third-order valence-corrected chi connectivity index (χ3v) is 7.43. The number of carboxylic acid groups (broad SMARTS) is 1. The Morgan fingerprint density at radius 1 is 0.674 bits per heavy atom. The normalized spacial score (nSPS) is 13.6. The predicted molar refractivity (Wildman–Crippen MR) is 167 cm³/mol. The molecule has 3 amide bonds. The maximum Gasteiger partial charge on any atom is 0.326 e. The Labute approximate surface area is 255 Å². The fraction of sp³-hybridized carbons (Fsp3) is 0.312. The number of carboxylic acids is 1. The van der Waals surface area contributed by atoms with Crippen LogP contribution in [0.15, 0.2) is 84.9 Å². The Morgan fingerprint density at radius 2 is 1.12 bits per heavy atom. The molecule has 11 heteroatoms. The molecule has 43 heavy (non-hydrogen) atoms. The van der Waals surface area contributed by atoms with Crippen LogP contribution in [0.25, 0.3) is 0 Å². The zero-order valence-corrected chi connectivity index (χ0v) is 24.8. The number of carbonyl (C=O) groups is 4. The van der Waals surface area contributed by atoms with Gasteiger partial charge in [0.2, 0.25) is 17.7 Å². The van der Waals surface area contributed by atoms with E-state index in [2.05, 4.69) is 16.0 Å². The van der Waals surface area contributed by atoms with Gasteiger partial charge in [-0.3, -0.25) is 14.4 Å². The van der Waals surface area contributed by atoms with Crippen molar-refractivity contribution in [3.05, 3.63) is 102 Å². The number of phenolic OH excluding ortho intramolecular Hbond substituents is 1. The molecule has 0 aliphatic carbocycles. The van der Waals surface area contributed by atoms with Gasteiger partial charge in [-0.15, -0.1) is 0 Å². The van der Waals surface area contributed by atoms with Gasteiger partial charge in [0, 0.05) is 12.8 Å². The first-order chi connectivity index (χ1) is 20.7. The number of phenols is 1. The molecule has 3 rings (SSSR count). The first-order valence-electron chi connectivity index (χ1n) is 13.9. The number of benzene rings is 3. The standard InChI is InChI=1S/C32H38N4O6S/c1-43-17-16-26(32(41)42)34-30(39)28(20-23-12-14-24(37)15-13-23)36-31(40)27(19-22-10-6-3-7-11-22)35-29(38)25(33)18-21-8-4-2-5-9-21/h2-15,25-28,37H,16-20,33H2,1H3,(H,34,39)(H,35,38)(H,36,40)(H,41,42). The molecular formula is C32H38N4O6S. The second-order valence-electron chi connectivity index (χ2n) is 10.2. The van der Waals surface area contributed by atoms with Gasteiger partial charge < -0.3 is 31.9 Å². The Balaban J connectivity index is 1.82. The van der Waals surface area contributed by atoms with Gasteiger partial charge in [0.15, 0.2) is 0 Å². The van der Waals surface area contributed by atoms with Crippen LogP contribution in [0, 0.1) is 0 Å². The van der Waals surface area contributed by atoms with E-state index in [0.717, 1.165) is 11.1 Å². The molecule has 0 aliphatic heterocycles. The molecule has 0 spiro atoms. The van der Waals surface area contributed by atoms with E-state index in [1.807, 2.05) is 66.9 Å². The van der Waals surface area contributed by atoms with Crippen molar-refractivity contribution in [3.63, 3.8) is 0 Å². The fourth-order valence-corrected chi connectivity index (χ4v) is 4.88. The number of rotatable bonds is 16. The van der Waals surface area contributed by atoms with Crippen LogP contribution in [0.4, 0.5) is 0 Å². The SMILES string of the molecule is CSCCC(NC(=O)C(Cc1ccc(O)cc1)NC(=O)C(Cc1ccccc1)NC(=O)C(N)Cc1ccccc1)C(=O)O. The molecule has 0 saturated carbocycles. The average Bonchev–Trinajstić information content (AvgIpc) is 3.00. The molecule has 0 heterocycles. The summed E-state index contributed by atoms with van der Waals surface area (Å²) in [5, 5.41) is 27.3. The topological polar surface area (TPSA) is 171 Å². The highest BCUT2D eigenvalue weighted by atomic mass is 32.2. The van der Waals surface area contributed by atoms with Crippen LogP contribution in [-0.4, -0.2) is 70.1 Å². The Hall–Kier alpha value is -4.35. The number of aromatic hydroxyl groups is 1. The number of nitrogens with one attached hydrogen (secondary N) is 3. The second-order valence-corrected chi connectivity index (χ2v) is 11.1. The quantitative estimate of drug-likeness (QED) is 0.144. The van der Waals surface area contributed by atoms with E-state index >= 15 is 0 Å². The summed E-state index contributed by atoms with van der Waals surface area (Å²) < 4.78 is 0. The van der Waals surface area contributed by atoms with E-state index < -0.39 is 47.9 Å². The highest BCUT2D eigenvalue weighted by Gasteiger charge is 2.30. The van der Waals surface area contributed by atoms with Crippen LogP contribution in [0.1, 0.15) is 23.1 Å². The van der Waals surface area contributed by atoms with Gasteiger partial charge in [-0.2, -0.15) is 11.8 Å². The Bertz CT molecular complexity index is 1340. The molecular weight excluding hydrogens is 568 g/mol. The molecule has 0 aliphatic rings. The number of aliphatic carboxylic acids is 1. The molecule has 4 unspecified atom stereocenters.